The van der Waals surface area contributed by atoms with E-state index in [4.69, 9.17) is 0 Å². The van der Waals surface area contributed by atoms with E-state index in [1.807, 2.05) is 18.0 Å². The lowest BCUT2D eigenvalue weighted by Gasteiger charge is -2.24. The molecular weight excluding hydrogens is 353 g/mol. The van der Waals surface area contributed by atoms with Gasteiger partial charge in [0, 0.05) is 19.8 Å². The zero-order valence-electron chi connectivity index (χ0n) is 15.0. The van der Waals surface area contributed by atoms with E-state index in [1.165, 1.54) is 12.1 Å². The second kappa shape index (κ2) is 6.97. The van der Waals surface area contributed by atoms with Crippen molar-refractivity contribution in [1.29, 1.82) is 0 Å². The van der Waals surface area contributed by atoms with E-state index in [1.54, 1.807) is 18.3 Å². The van der Waals surface area contributed by atoms with Gasteiger partial charge in [-0.15, -0.1) is 12.4 Å². The number of likely N-dealkylation sites (N-methyl/N-ethyl adjacent to an activating group) is 1. The maximum atomic E-state index is 13.2. The summed E-state index contributed by atoms with van der Waals surface area (Å²) in [4.78, 5) is 18.9. The van der Waals surface area contributed by atoms with Crippen molar-refractivity contribution in [3.63, 3.8) is 0 Å². The van der Waals surface area contributed by atoms with Crippen LogP contribution < -0.4 is 5.32 Å². The predicted octanol–water partition coefficient (Wildman–Crippen LogP) is 3.64. The first kappa shape index (κ1) is 18.8. The van der Waals surface area contributed by atoms with Crippen molar-refractivity contribution in [3.05, 3.63) is 53.6 Å². The number of benzene rings is 1. The van der Waals surface area contributed by atoms with Crippen LogP contribution in [0.1, 0.15) is 36.6 Å². The van der Waals surface area contributed by atoms with Gasteiger partial charge in [-0.25, -0.2) is 4.39 Å². The Bertz CT molecular complexity index is 826. The average Bonchev–Trinajstić information content (AvgIpc) is 3.16. The number of amides is 1. The fourth-order valence-electron chi connectivity index (χ4n) is 4.22. The SMILES string of the molecule is Cc1c(-c2ccc(F)cc2)ccnc1[C@H]1CC[C@@]2(CCN(C)C2=O)N1.Cl. The summed E-state index contributed by atoms with van der Waals surface area (Å²) in [5.41, 5.74) is 3.69. The van der Waals surface area contributed by atoms with E-state index < -0.39 is 5.54 Å². The van der Waals surface area contributed by atoms with Crippen LogP contribution in [-0.4, -0.2) is 34.9 Å². The standard InChI is InChI=1S/C20H22FN3O.ClH/c1-13-16(14-3-5-15(21)6-4-14)8-11-22-18(13)17-7-9-20(23-17)10-12-24(2)19(20)25;/h3-6,8,11,17,23H,7,9-10,12H2,1-2H3;1H/t17-,20+;/m1./s1. The maximum absolute atomic E-state index is 13.2. The molecule has 4 rings (SSSR count). The number of rotatable bonds is 2. The van der Waals surface area contributed by atoms with Gasteiger partial charge in [-0.1, -0.05) is 12.1 Å². The van der Waals surface area contributed by atoms with Crippen LogP contribution in [0.3, 0.4) is 0 Å². The Morgan fingerprint density at radius 3 is 2.62 bits per heavy atom. The summed E-state index contributed by atoms with van der Waals surface area (Å²) < 4.78 is 13.2. The molecule has 2 aliphatic heterocycles. The van der Waals surface area contributed by atoms with Crippen molar-refractivity contribution >= 4 is 18.3 Å². The average molecular weight is 376 g/mol. The van der Waals surface area contributed by atoms with Crippen LogP contribution in [0.15, 0.2) is 36.5 Å². The first-order chi connectivity index (χ1) is 12.0. The molecule has 0 unspecified atom stereocenters. The lowest BCUT2D eigenvalue weighted by atomic mass is 9.95. The molecule has 2 aromatic rings. The molecule has 2 atom stereocenters. The van der Waals surface area contributed by atoms with Gasteiger partial charge in [-0.2, -0.15) is 0 Å². The zero-order valence-corrected chi connectivity index (χ0v) is 15.8. The first-order valence-corrected chi connectivity index (χ1v) is 8.75. The Hall–Kier alpha value is -1.98. The van der Waals surface area contributed by atoms with E-state index in [2.05, 4.69) is 17.2 Å². The van der Waals surface area contributed by atoms with Gasteiger partial charge in [0.1, 0.15) is 11.4 Å². The monoisotopic (exact) mass is 375 g/mol. The topological polar surface area (TPSA) is 45.2 Å². The molecule has 0 bridgehead atoms. The van der Waals surface area contributed by atoms with Gasteiger partial charge in [0.2, 0.25) is 5.91 Å². The highest BCUT2D eigenvalue weighted by Crippen LogP contribution is 2.40. The predicted molar refractivity (Wildman–Crippen MR) is 102 cm³/mol. The molecule has 4 nitrogen and oxygen atoms in total. The Kier molecular flexibility index (Phi) is 5.04. The van der Waals surface area contributed by atoms with Gasteiger partial charge in [-0.3, -0.25) is 15.1 Å². The fourth-order valence-corrected chi connectivity index (χ4v) is 4.22. The van der Waals surface area contributed by atoms with Crippen LogP contribution in [0.25, 0.3) is 11.1 Å². The second-order valence-electron chi connectivity index (χ2n) is 7.17. The van der Waals surface area contributed by atoms with Crippen molar-refractivity contribution in [1.82, 2.24) is 15.2 Å². The van der Waals surface area contributed by atoms with Crippen molar-refractivity contribution < 1.29 is 9.18 Å². The summed E-state index contributed by atoms with van der Waals surface area (Å²) in [5.74, 6) is -0.0405. The van der Waals surface area contributed by atoms with Crippen LogP contribution in [0.2, 0.25) is 0 Å². The van der Waals surface area contributed by atoms with E-state index in [-0.39, 0.29) is 30.2 Å². The number of nitrogens with zero attached hydrogens (tertiary/aromatic N) is 2. The third-order valence-electron chi connectivity index (χ3n) is 5.67. The lowest BCUT2D eigenvalue weighted by Crippen LogP contribution is -2.47. The van der Waals surface area contributed by atoms with Gasteiger partial charge >= 0.3 is 0 Å². The minimum absolute atomic E-state index is 0. The number of aromatic nitrogens is 1. The van der Waals surface area contributed by atoms with Gasteiger partial charge in [0.25, 0.3) is 0 Å². The maximum Gasteiger partial charge on any atom is 0.242 e. The number of likely N-dealkylation sites (tertiary alicyclic amines) is 1. The third kappa shape index (κ3) is 2.99. The van der Waals surface area contributed by atoms with E-state index >= 15 is 0 Å². The molecule has 26 heavy (non-hydrogen) atoms. The van der Waals surface area contributed by atoms with Gasteiger partial charge in [0.15, 0.2) is 0 Å². The summed E-state index contributed by atoms with van der Waals surface area (Å²) in [5, 5.41) is 3.58. The Balaban J connectivity index is 0.00000196. The molecule has 3 heterocycles. The second-order valence-corrected chi connectivity index (χ2v) is 7.17. The van der Waals surface area contributed by atoms with E-state index in [0.717, 1.165) is 48.2 Å². The van der Waals surface area contributed by atoms with Crippen molar-refractivity contribution in [3.8, 4) is 11.1 Å². The zero-order chi connectivity index (χ0) is 17.6. The number of halogens is 2. The molecule has 2 saturated heterocycles. The number of pyridine rings is 1. The summed E-state index contributed by atoms with van der Waals surface area (Å²) in [6.07, 6.45) is 4.41. The molecule has 1 amide bonds. The highest BCUT2D eigenvalue weighted by molar-refractivity contribution is 5.88. The molecule has 0 aliphatic carbocycles. The lowest BCUT2D eigenvalue weighted by molar-refractivity contribution is -0.131. The summed E-state index contributed by atoms with van der Waals surface area (Å²) in [6.45, 7) is 2.86. The largest absolute Gasteiger partial charge is 0.344 e. The molecule has 1 spiro atoms. The van der Waals surface area contributed by atoms with Crippen LogP contribution in [-0.2, 0) is 4.79 Å². The molecule has 1 N–H and O–H groups in total. The van der Waals surface area contributed by atoms with Gasteiger partial charge < -0.3 is 4.90 Å². The normalized spacial score (nSPS) is 25.0. The molecule has 2 fully saturated rings. The minimum Gasteiger partial charge on any atom is -0.344 e. The summed E-state index contributed by atoms with van der Waals surface area (Å²) in [7, 11) is 1.87. The van der Waals surface area contributed by atoms with E-state index in [9.17, 15) is 9.18 Å². The van der Waals surface area contributed by atoms with Gasteiger partial charge in [0.05, 0.1) is 11.7 Å². The molecule has 1 aromatic carbocycles. The fraction of sp³-hybridized carbons (Fsp3) is 0.400. The summed E-state index contributed by atoms with van der Waals surface area (Å²) >= 11 is 0. The van der Waals surface area contributed by atoms with Crippen molar-refractivity contribution in [2.75, 3.05) is 13.6 Å². The summed E-state index contributed by atoms with van der Waals surface area (Å²) in [6, 6.07) is 8.58. The highest BCUT2D eigenvalue weighted by Gasteiger charge is 2.50. The Labute approximate surface area is 159 Å². The van der Waals surface area contributed by atoms with Crippen LogP contribution in [0.5, 0.6) is 0 Å². The number of carbonyl (C=O) groups is 1. The molecular formula is C20H23ClFN3O. The van der Waals surface area contributed by atoms with Crippen molar-refractivity contribution in [2.24, 2.45) is 0 Å². The molecule has 138 valence electrons. The number of carbonyl (C=O) groups excluding carboxylic acids is 1. The quantitative estimate of drug-likeness (QED) is 0.871. The van der Waals surface area contributed by atoms with Crippen molar-refractivity contribution in [2.45, 2.75) is 37.8 Å². The molecule has 6 heteroatoms. The van der Waals surface area contributed by atoms with Gasteiger partial charge in [-0.05, 0) is 61.1 Å². The molecule has 0 radical (unpaired) electrons. The first-order valence-electron chi connectivity index (χ1n) is 8.75. The smallest absolute Gasteiger partial charge is 0.242 e. The van der Waals surface area contributed by atoms with Crippen LogP contribution >= 0.6 is 12.4 Å². The third-order valence-corrected chi connectivity index (χ3v) is 5.67. The number of hydrogen-bond acceptors (Lipinski definition) is 3. The Morgan fingerprint density at radius 2 is 1.96 bits per heavy atom. The van der Waals surface area contributed by atoms with Crippen LogP contribution in [0, 0.1) is 12.7 Å². The molecule has 1 aromatic heterocycles. The number of hydrogen-bond donors (Lipinski definition) is 1. The molecule has 0 saturated carbocycles. The highest BCUT2D eigenvalue weighted by atomic mass is 35.5. The molecule has 2 aliphatic rings. The van der Waals surface area contributed by atoms with Crippen LogP contribution in [0.4, 0.5) is 4.39 Å². The minimum atomic E-state index is -0.417. The van der Waals surface area contributed by atoms with E-state index in [0.29, 0.717) is 0 Å². The Morgan fingerprint density at radius 1 is 1.23 bits per heavy atom. The number of nitrogens with one attached hydrogen (secondary N) is 1.